The normalized spacial score (nSPS) is 39.5. The SMILES string of the molecule is CC(C)C1(C)CCNCC1S. The number of nitrogens with one attached hydrogen (secondary N) is 1. The van der Waals surface area contributed by atoms with E-state index in [1.807, 2.05) is 0 Å². The van der Waals surface area contributed by atoms with E-state index in [-0.39, 0.29) is 0 Å². The van der Waals surface area contributed by atoms with Gasteiger partial charge in [0.25, 0.3) is 0 Å². The molecule has 0 saturated carbocycles. The molecule has 66 valence electrons. The van der Waals surface area contributed by atoms with Gasteiger partial charge < -0.3 is 5.32 Å². The highest BCUT2D eigenvalue weighted by atomic mass is 32.1. The van der Waals surface area contributed by atoms with Crippen molar-refractivity contribution < 1.29 is 0 Å². The molecule has 1 aliphatic heterocycles. The highest BCUT2D eigenvalue weighted by Crippen LogP contribution is 2.38. The van der Waals surface area contributed by atoms with E-state index in [2.05, 4.69) is 38.7 Å². The third-order valence-electron chi connectivity index (χ3n) is 3.26. The van der Waals surface area contributed by atoms with Gasteiger partial charge in [0.05, 0.1) is 0 Å². The van der Waals surface area contributed by atoms with Crippen molar-refractivity contribution in [2.24, 2.45) is 11.3 Å². The molecular weight excluding hydrogens is 154 g/mol. The van der Waals surface area contributed by atoms with Gasteiger partial charge in [-0.25, -0.2) is 0 Å². The zero-order chi connectivity index (χ0) is 8.48. The molecule has 0 aromatic heterocycles. The molecule has 0 bridgehead atoms. The Morgan fingerprint density at radius 2 is 2.18 bits per heavy atom. The fourth-order valence-corrected chi connectivity index (χ4v) is 2.23. The summed E-state index contributed by atoms with van der Waals surface area (Å²) in [5.41, 5.74) is 0.439. The van der Waals surface area contributed by atoms with Crippen LogP contribution in [0.1, 0.15) is 27.2 Å². The minimum absolute atomic E-state index is 0.439. The molecule has 2 unspecified atom stereocenters. The Labute approximate surface area is 75.4 Å². The summed E-state index contributed by atoms with van der Waals surface area (Å²) >= 11 is 4.62. The second-order valence-corrected chi connectivity index (χ2v) is 4.75. The molecule has 2 atom stereocenters. The van der Waals surface area contributed by atoms with Gasteiger partial charge in [-0.05, 0) is 24.3 Å². The third-order valence-corrected chi connectivity index (χ3v) is 4.03. The van der Waals surface area contributed by atoms with E-state index in [0.29, 0.717) is 10.7 Å². The average molecular weight is 173 g/mol. The predicted molar refractivity (Wildman–Crippen MR) is 53.2 cm³/mol. The molecule has 0 radical (unpaired) electrons. The van der Waals surface area contributed by atoms with Crippen LogP contribution in [0.4, 0.5) is 0 Å². The summed E-state index contributed by atoms with van der Waals surface area (Å²) in [6.07, 6.45) is 1.26. The van der Waals surface area contributed by atoms with Gasteiger partial charge in [-0.3, -0.25) is 0 Å². The van der Waals surface area contributed by atoms with Crippen LogP contribution in [0.2, 0.25) is 0 Å². The van der Waals surface area contributed by atoms with Crippen molar-refractivity contribution >= 4 is 12.6 Å². The van der Waals surface area contributed by atoms with Crippen LogP contribution in [0, 0.1) is 11.3 Å². The minimum atomic E-state index is 0.439. The Bertz CT molecular complexity index is 136. The van der Waals surface area contributed by atoms with Crippen molar-refractivity contribution in [1.29, 1.82) is 0 Å². The quantitative estimate of drug-likeness (QED) is 0.578. The number of hydrogen-bond donors (Lipinski definition) is 2. The molecule has 1 saturated heterocycles. The molecule has 1 rings (SSSR count). The summed E-state index contributed by atoms with van der Waals surface area (Å²) in [4.78, 5) is 0. The van der Waals surface area contributed by atoms with Gasteiger partial charge in [0.2, 0.25) is 0 Å². The molecule has 0 amide bonds. The lowest BCUT2D eigenvalue weighted by atomic mass is 9.72. The lowest BCUT2D eigenvalue weighted by molar-refractivity contribution is 0.164. The second-order valence-electron chi connectivity index (χ2n) is 4.13. The summed E-state index contributed by atoms with van der Waals surface area (Å²) in [6.45, 7) is 9.18. The first-order valence-electron chi connectivity index (χ1n) is 4.46. The van der Waals surface area contributed by atoms with Crippen molar-refractivity contribution in [3.8, 4) is 0 Å². The smallest absolute Gasteiger partial charge is 0.0198 e. The minimum Gasteiger partial charge on any atom is -0.316 e. The Morgan fingerprint density at radius 1 is 1.55 bits per heavy atom. The van der Waals surface area contributed by atoms with Gasteiger partial charge >= 0.3 is 0 Å². The highest BCUT2D eigenvalue weighted by molar-refractivity contribution is 7.81. The van der Waals surface area contributed by atoms with Crippen LogP contribution < -0.4 is 5.32 Å². The molecule has 11 heavy (non-hydrogen) atoms. The molecule has 1 heterocycles. The van der Waals surface area contributed by atoms with Crippen LogP contribution in [-0.2, 0) is 0 Å². The molecular formula is C9H19NS. The standard InChI is InChI=1S/C9H19NS/c1-7(2)9(3)4-5-10-6-8(9)11/h7-8,10-11H,4-6H2,1-3H3. The van der Waals surface area contributed by atoms with Crippen LogP contribution in [0.3, 0.4) is 0 Å². The van der Waals surface area contributed by atoms with E-state index >= 15 is 0 Å². The van der Waals surface area contributed by atoms with E-state index < -0.39 is 0 Å². The number of hydrogen-bond acceptors (Lipinski definition) is 2. The summed E-state index contributed by atoms with van der Waals surface area (Å²) in [6, 6.07) is 0. The van der Waals surface area contributed by atoms with E-state index in [1.165, 1.54) is 6.42 Å². The molecule has 1 fully saturated rings. The van der Waals surface area contributed by atoms with Crippen molar-refractivity contribution in [2.75, 3.05) is 13.1 Å². The highest BCUT2D eigenvalue weighted by Gasteiger charge is 2.36. The van der Waals surface area contributed by atoms with Crippen LogP contribution in [-0.4, -0.2) is 18.3 Å². The van der Waals surface area contributed by atoms with E-state index in [1.54, 1.807) is 0 Å². The van der Waals surface area contributed by atoms with Gasteiger partial charge in [0, 0.05) is 11.8 Å². The zero-order valence-corrected chi connectivity index (χ0v) is 8.62. The van der Waals surface area contributed by atoms with Gasteiger partial charge in [0.15, 0.2) is 0 Å². The Morgan fingerprint density at radius 3 is 2.55 bits per heavy atom. The molecule has 1 N–H and O–H groups in total. The fourth-order valence-electron chi connectivity index (χ4n) is 1.67. The van der Waals surface area contributed by atoms with Crippen LogP contribution in [0.5, 0.6) is 0 Å². The van der Waals surface area contributed by atoms with Crippen LogP contribution >= 0.6 is 12.6 Å². The van der Waals surface area contributed by atoms with Crippen molar-refractivity contribution in [1.82, 2.24) is 5.32 Å². The van der Waals surface area contributed by atoms with E-state index in [9.17, 15) is 0 Å². The summed E-state index contributed by atoms with van der Waals surface area (Å²) in [5.74, 6) is 0.743. The maximum Gasteiger partial charge on any atom is 0.0198 e. The number of thiol groups is 1. The zero-order valence-electron chi connectivity index (χ0n) is 7.72. The predicted octanol–water partition coefficient (Wildman–Crippen LogP) is 1.94. The van der Waals surface area contributed by atoms with Crippen LogP contribution in [0.25, 0.3) is 0 Å². The first-order chi connectivity index (χ1) is 5.07. The van der Waals surface area contributed by atoms with E-state index in [0.717, 1.165) is 19.0 Å². The Hall–Kier alpha value is 0.310. The van der Waals surface area contributed by atoms with Crippen LogP contribution in [0.15, 0.2) is 0 Å². The molecule has 0 aromatic rings. The first-order valence-corrected chi connectivity index (χ1v) is 4.98. The second kappa shape index (κ2) is 3.36. The Balaban J connectivity index is 2.64. The molecule has 1 aliphatic rings. The average Bonchev–Trinajstić information content (AvgIpc) is 1.95. The summed E-state index contributed by atoms with van der Waals surface area (Å²) in [5, 5.41) is 3.89. The third kappa shape index (κ3) is 1.73. The van der Waals surface area contributed by atoms with Gasteiger partial charge in [-0.2, -0.15) is 12.6 Å². The number of piperidine rings is 1. The first kappa shape index (κ1) is 9.40. The maximum absolute atomic E-state index is 4.62. The molecule has 0 aromatic carbocycles. The summed E-state index contributed by atoms with van der Waals surface area (Å²) < 4.78 is 0. The molecule has 1 nitrogen and oxygen atoms in total. The number of rotatable bonds is 1. The molecule has 0 spiro atoms. The van der Waals surface area contributed by atoms with Gasteiger partial charge in [-0.15, -0.1) is 0 Å². The van der Waals surface area contributed by atoms with Crippen molar-refractivity contribution in [3.05, 3.63) is 0 Å². The Kier molecular flexibility index (Phi) is 2.87. The lowest BCUT2D eigenvalue weighted by Crippen LogP contribution is -2.47. The largest absolute Gasteiger partial charge is 0.316 e. The lowest BCUT2D eigenvalue weighted by Gasteiger charge is -2.42. The summed E-state index contributed by atoms with van der Waals surface area (Å²) in [7, 11) is 0. The monoisotopic (exact) mass is 173 g/mol. The van der Waals surface area contributed by atoms with Crippen molar-refractivity contribution in [3.63, 3.8) is 0 Å². The van der Waals surface area contributed by atoms with Gasteiger partial charge in [0.1, 0.15) is 0 Å². The van der Waals surface area contributed by atoms with E-state index in [4.69, 9.17) is 0 Å². The van der Waals surface area contributed by atoms with Crippen molar-refractivity contribution in [2.45, 2.75) is 32.4 Å². The maximum atomic E-state index is 4.62. The fraction of sp³-hybridized carbons (Fsp3) is 1.00. The topological polar surface area (TPSA) is 12.0 Å². The molecule has 2 heteroatoms. The van der Waals surface area contributed by atoms with Gasteiger partial charge in [-0.1, -0.05) is 20.8 Å². The molecule has 0 aliphatic carbocycles.